The third kappa shape index (κ3) is 3.52. The van der Waals surface area contributed by atoms with Crippen molar-refractivity contribution in [1.82, 2.24) is 9.47 Å². The maximum absolute atomic E-state index is 12.5. The van der Waals surface area contributed by atoms with Gasteiger partial charge in [-0.2, -0.15) is 0 Å². The lowest BCUT2D eigenvalue weighted by atomic mass is 10.1. The van der Waals surface area contributed by atoms with Crippen molar-refractivity contribution in [3.8, 4) is 5.75 Å². The van der Waals surface area contributed by atoms with Crippen molar-refractivity contribution >= 4 is 0 Å². The molecule has 1 aromatic carbocycles. The number of nitrogens with zero attached hydrogens (tertiary/aromatic N) is 2. The molecule has 1 fully saturated rings. The summed E-state index contributed by atoms with van der Waals surface area (Å²) in [5.41, 5.74) is 1.97. The summed E-state index contributed by atoms with van der Waals surface area (Å²) in [5.74, 6) is 0.501. The minimum Gasteiger partial charge on any atom is -0.503 e. The van der Waals surface area contributed by atoms with Crippen molar-refractivity contribution in [3.63, 3.8) is 0 Å². The molecule has 0 saturated carbocycles. The molecule has 3 rings (SSSR count). The number of hydrogen-bond acceptors (Lipinski definition) is 4. The smallest absolute Gasteiger partial charge is 0.293 e. The summed E-state index contributed by atoms with van der Waals surface area (Å²) in [6.07, 6.45) is 2.89. The average molecular weight is 328 g/mol. The zero-order chi connectivity index (χ0) is 17.1. The van der Waals surface area contributed by atoms with Gasteiger partial charge in [0.05, 0.1) is 13.2 Å². The summed E-state index contributed by atoms with van der Waals surface area (Å²) in [4.78, 5) is 14.7. The lowest BCUT2D eigenvalue weighted by Gasteiger charge is -2.17. The molecule has 5 nitrogen and oxygen atoms in total. The van der Waals surface area contributed by atoms with Crippen molar-refractivity contribution in [2.24, 2.45) is 5.92 Å². The van der Waals surface area contributed by atoms with Gasteiger partial charge in [-0.25, -0.2) is 0 Å². The maximum atomic E-state index is 12.5. The van der Waals surface area contributed by atoms with Gasteiger partial charge in [-0.05, 0) is 36.1 Å². The molecule has 2 heterocycles. The molecule has 0 spiro atoms. The highest BCUT2D eigenvalue weighted by atomic mass is 16.3. The van der Waals surface area contributed by atoms with Gasteiger partial charge in [0.15, 0.2) is 5.75 Å². The molecular formula is C19H24N2O3. The van der Waals surface area contributed by atoms with Crippen LogP contribution in [0, 0.1) is 5.92 Å². The van der Waals surface area contributed by atoms with Crippen LogP contribution in [0.15, 0.2) is 41.3 Å². The number of aliphatic hydroxyl groups is 1. The molecule has 1 saturated heterocycles. The Kier molecular flexibility index (Phi) is 5.02. The quantitative estimate of drug-likeness (QED) is 0.880. The number of pyridine rings is 1. The predicted molar refractivity (Wildman–Crippen MR) is 92.9 cm³/mol. The fourth-order valence-electron chi connectivity index (χ4n) is 3.31. The average Bonchev–Trinajstić information content (AvgIpc) is 3.00. The van der Waals surface area contributed by atoms with Gasteiger partial charge < -0.3 is 14.8 Å². The number of aromatic nitrogens is 1. The second-order valence-electron chi connectivity index (χ2n) is 6.68. The van der Waals surface area contributed by atoms with Crippen LogP contribution in [-0.2, 0) is 19.7 Å². The number of benzene rings is 1. The molecule has 0 radical (unpaired) electrons. The van der Waals surface area contributed by atoms with E-state index in [4.69, 9.17) is 0 Å². The molecule has 1 aliphatic rings. The van der Waals surface area contributed by atoms with Crippen molar-refractivity contribution in [2.45, 2.75) is 33.0 Å². The lowest BCUT2D eigenvalue weighted by molar-refractivity contribution is 0.280. The van der Waals surface area contributed by atoms with Crippen LogP contribution in [0.5, 0.6) is 5.75 Å². The van der Waals surface area contributed by atoms with E-state index in [-0.39, 0.29) is 17.9 Å². The Labute approximate surface area is 141 Å². The molecule has 24 heavy (non-hydrogen) atoms. The van der Waals surface area contributed by atoms with E-state index in [0.717, 1.165) is 30.6 Å². The predicted octanol–water partition coefficient (Wildman–Crippen LogP) is 1.94. The normalized spacial score (nSPS) is 18.2. The summed E-state index contributed by atoms with van der Waals surface area (Å²) in [7, 11) is 0. The molecule has 0 amide bonds. The summed E-state index contributed by atoms with van der Waals surface area (Å²) in [5, 5.41) is 19.7. The Morgan fingerprint density at radius 2 is 1.88 bits per heavy atom. The fraction of sp³-hybridized carbons (Fsp3) is 0.421. The summed E-state index contributed by atoms with van der Waals surface area (Å²) in [6, 6.07) is 9.27. The molecule has 1 unspecified atom stereocenters. The Bertz CT molecular complexity index is 769. The van der Waals surface area contributed by atoms with E-state index < -0.39 is 0 Å². The highest BCUT2D eigenvalue weighted by Gasteiger charge is 2.20. The Morgan fingerprint density at radius 3 is 2.54 bits per heavy atom. The van der Waals surface area contributed by atoms with Gasteiger partial charge in [0.2, 0.25) is 0 Å². The lowest BCUT2D eigenvalue weighted by Crippen LogP contribution is -2.24. The van der Waals surface area contributed by atoms with E-state index >= 15 is 0 Å². The number of aliphatic hydroxyl groups excluding tert-OH is 1. The topological polar surface area (TPSA) is 65.7 Å². The van der Waals surface area contributed by atoms with E-state index in [9.17, 15) is 15.0 Å². The number of hydrogen-bond donors (Lipinski definition) is 2. The molecule has 2 N–H and O–H groups in total. The molecule has 2 aromatic rings. The maximum Gasteiger partial charge on any atom is 0.293 e. The van der Waals surface area contributed by atoms with Gasteiger partial charge in [-0.15, -0.1) is 0 Å². The highest BCUT2D eigenvalue weighted by Crippen LogP contribution is 2.21. The number of likely N-dealkylation sites (tertiary alicyclic amines) is 1. The third-order valence-corrected chi connectivity index (χ3v) is 4.75. The number of rotatable bonds is 5. The minimum atomic E-state index is -0.382. The molecule has 1 aromatic heterocycles. The van der Waals surface area contributed by atoms with Crippen molar-refractivity contribution in [1.29, 1.82) is 0 Å². The monoisotopic (exact) mass is 328 g/mol. The molecule has 1 atom stereocenters. The zero-order valence-electron chi connectivity index (χ0n) is 14.0. The Hall–Kier alpha value is -2.11. The Morgan fingerprint density at radius 1 is 1.12 bits per heavy atom. The van der Waals surface area contributed by atoms with Crippen molar-refractivity contribution in [3.05, 3.63) is 63.6 Å². The van der Waals surface area contributed by atoms with Gasteiger partial charge in [0.1, 0.15) is 0 Å². The molecular weight excluding hydrogens is 304 g/mol. The van der Waals surface area contributed by atoms with Crippen LogP contribution in [-0.4, -0.2) is 32.8 Å². The first-order valence-corrected chi connectivity index (χ1v) is 8.39. The van der Waals surface area contributed by atoms with Crippen molar-refractivity contribution in [2.75, 3.05) is 13.1 Å². The summed E-state index contributed by atoms with van der Waals surface area (Å²) in [6.45, 7) is 5.11. The van der Waals surface area contributed by atoms with Crippen LogP contribution in [0.3, 0.4) is 0 Å². The highest BCUT2D eigenvalue weighted by molar-refractivity contribution is 5.31. The first kappa shape index (κ1) is 16.7. The van der Waals surface area contributed by atoms with Gasteiger partial charge in [0.25, 0.3) is 5.56 Å². The van der Waals surface area contributed by atoms with Crippen molar-refractivity contribution < 1.29 is 10.2 Å². The summed E-state index contributed by atoms with van der Waals surface area (Å²) >= 11 is 0. The van der Waals surface area contributed by atoms with Crippen LogP contribution >= 0.6 is 0 Å². The second kappa shape index (κ2) is 7.20. The van der Waals surface area contributed by atoms with E-state index in [2.05, 4.69) is 11.8 Å². The Balaban J connectivity index is 1.81. The standard InChI is InChI=1S/C19H24N2O3/c1-14-6-8-20(10-14)11-16-7-9-21(19(24)18(16)23)12-15-4-2-3-5-17(15)13-22/h2-5,7,9,14,22-23H,6,8,10-13H2,1H3. The van der Waals surface area contributed by atoms with E-state index in [1.54, 1.807) is 6.20 Å². The van der Waals surface area contributed by atoms with E-state index in [0.29, 0.717) is 24.6 Å². The molecule has 128 valence electrons. The molecule has 5 heteroatoms. The van der Waals surface area contributed by atoms with Gasteiger partial charge >= 0.3 is 0 Å². The van der Waals surface area contributed by atoms with Gasteiger partial charge in [-0.1, -0.05) is 31.2 Å². The van der Waals surface area contributed by atoms with Gasteiger partial charge in [0, 0.05) is 24.8 Å². The second-order valence-corrected chi connectivity index (χ2v) is 6.68. The van der Waals surface area contributed by atoms with Crippen LogP contribution in [0.25, 0.3) is 0 Å². The van der Waals surface area contributed by atoms with Crippen LogP contribution in [0.1, 0.15) is 30.0 Å². The number of aromatic hydroxyl groups is 1. The van der Waals surface area contributed by atoms with Crippen LogP contribution in [0.2, 0.25) is 0 Å². The SMILES string of the molecule is CC1CCN(Cc2ccn(Cc3ccccc3CO)c(=O)c2O)C1. The first-order chi connectivity index (χ1) is 11.6. The summed E-state index contributed by atoms with van der Waals surface area (Å²) < 4.78 is 1.49. The third-order valence-electron chi connectivity index (χ3n) is 4.75. The molecule has 0 bridgehead atoms. The van der Waals surface area contributed by atoms with Crippen LogP contribution < -0.4 is 5.56 Å². The van der Waals surface area contributed by atoms with Gasteiger partial charge in [-0.3, -0.25) is 9.69 Å². The molecule has 0 aliphatic carbocycles. The zero-order valence-corrected chi connectivity index (χ0v) is 14.0. The van der Waals surface area contributed by atoms with E-state index in [1.165, 1.54) is 4.57 Å². The fourth-order valence-corrected chi connectivity index (χ4v) is 3.31. The first-order valence-electron chi connectivity index (χ1n) is 8.39. The van der Waals surface area contributed by atoms with E-state index in [1.807, 2.05) is 30.3 Å². The largest absolute Gasteiger partial charge is 0.503 e. The molecule has 1 aliphatic heterocycles. The van der Waals surface area contributed by atoms with Crippen LogP contribution in [0.4, 0.5) is 0 Å². The minimum absolute atomic E-state index is 0.0673.